The van der Waals surface area contributed by atoms with E-state index in [2.05, 4.69) is 60.0 Å². The van der Waals surface area contributed by atoms with Crippen LogP contribution in [0.4, 0.5) is 0 Å². The Bertz CT molecular complexity index is 1020. The number of carbonyl (C=O) groups excluding carboxylic acids is 1. The van der Waals surface area contributed by atoms with Gasteiger partial charge in [0.2, 0.25) is 0 Å². The number of likely N-dealkylation sites (N-methyl/N-ethyl adjacent to an activating group) is 1. The number of hydrogen-bond acceptors (Lipinski definition) is 3. The Morgan fingerprint density at radius 2 is 1.86 bits per heavy atom. The fraction of sp³-hybridized carbons (Fsp3) is 0.320. The summed E-state index contributed by atoms with van der Waals surface area (Å²) >= 11 is 0. The molecule has 4 heteroatoms. The van der Waals surface area contributed by atoms with Crippen LogP contribution < -0.4 is 15.4 Å². The van der Waals surface area contributed by atoms with E-state index in [0.717, 1.165) is 37.2 Å². The predicted molar refractivity (Wildman–Crippen MR) is 118 cm³/mol. The summed E-state index contributed by atoms with van der Waals surface area (Å²) in [7, 11) is 0. The third kappa shape index (κ3) is 4.13. The van der Waals surface area contributed by atoms with E-state index < -0.39 is 0 Å². The fourth-order valence-electron chi connectivity index (χ4n) is 3.87. The second-order valence-corrected chi connectivity index (χ2v) is 7.74. The summed E-state index contributed by atoms with van der Waals surface area (Å²) in [6, 6.07) is 20.4. The van der Waals surface area contributed by atoms with E-state index >= 15 is 0 Å². The third-order valence-corrected chi connectivity index (χ3v) is 5.66. The molecule has 0 saturated heterocycles. The maximum Gasteiger partial charge on any atom is 0.252 e. The summed E-state index contributed by atoms with van der Waals surface area (Å²) in [6.07, 6.45) is 1.93. The summed E-state index contributed by atoms with van der Waals surface area (Å²) in [6.45, 7) is 6.32. The number of fused-ring (bicyclic) bond motifs is 1. The Morgan fingerprint density at radius 1 is 1.07 bits per heavy atom. The van der Waals surface area contributed by atoms with Gasteiger partial charge in [-0.2, -0.15) is 0 Å². The molecule has 0 unspecified atom stereocenters. The lowest BCUT2D eigenvalue weighted by molar-refractivity contribution is 0.0930. The van der Waals surface area contributed by atoms with E-state index in [1.807, 2.05) is 25.1 Å². The van der Waals surface area contributed by atoms with Crippen molar-refractivity contribution in [2.75, 3.05) is 19.7 Å². The molecule has 4 nitrogen and oxygen atoms in total. The van der Waals surface area contributed by atoms with Crippen LogP contribution in [0.25, 0.3) is 10.8 Å². The predicted octanol–water partition coefficient (Wildman–Crippen LogP) is 4.56. The molecule has 1 aliphatic carbocycles. The average molecular weight is 389 g/mol. The summed E-state index contributed by atoms with van der Waals surface area (Å²) in [5.41, 5.74) is 2.57. The van der Waals surface area contributed by atoms with Crippen LogP contribution in [-0.4, -0.2) is 25.6 Å². The number of rotatable bonds is 8. The van der Waals surface area contributed by atoms with Gasteiger partial charge < -0.3 is 15.4 Å². The van der Waals surface area contributed by atoms with Gasteiger partial charge in [0.15, 0.2) is 0 Å². The maximum absolute atomic E-state index is 13.2. The van der Waals surface area contributed by atoms with Crippen molar-refractivity contribution < 1.29 is 9.53 Å². The van der Waals surface area contributed by atoms with Crippen molar-refractivity contribution in [3.63, 3.8) is 0 Å². The number of benzene rings is 3. The highest BCUT2D eigenvalue weighted by Crippen LogP contribution is 2.48. The van der Waals surface area contributed by atoms with Crippen molar-refractivity contribution in [3.8, 4) is 5.75 Å². The van der Waals surface area contributed by atoms with E-state index in [9.17, 15) is 4.79 Å². The van der Waals surface area contributed by atoms with Crippen LogP contribution in [0.2, 0.25) is 0 Å². The highest BCUT2D eigenvalue weighted by Gasteiger charge is 2.46. The SMILES string of the molecule is CCNCCOc1ccc(C)c(C(=O)NC2(c3cccc4ccccc34)CC2)c1. The van der Waals surface area contributed by atoms with E-state index in [1.165, 1.54) is 16.3 Å². The van der Waals surface area contributed by atoms with Crippen LogP contribution in [0.15, 0.2) is 60.7 Å². The van der Waals surface area contributed by atoms with Gasteiger partial charge in [0, 0.05) is 12.1 Å². The Hall–Kier alpha value is -2.85. The van der Waals surface area contributed by atoms with Gasteiger partial charge in [-0.15, -0.1) is 0 Å². The number of hydrogen-bond donors (Lipinski definition) is 2. The lowest BCUT2D eigenvalue weighted by Gasteiger charge is -2.21. The van der Waals surface area contributed by atoms with Gasteiger partial charge in [0.05, 0.1) is 5.54 Å². The Kier molecular flexibility index (Phi) is 5.54. The summed E-state index contributed by atoms with van der Waals surface area (Å²) in [4.78, 5) is 13.2. The molecular weight excluding hydrogens is 360 g/mol. The molecule has 1 fully saturated rings. The summed E-state index contributed by atoms with van der Waals surface area (Å²) in [5, 5.41) is 8.98. The van der Waals surface area contributed by atoms with Crippen molar-refractivity contribution >= 4 is 16.7 Å². The average Bonchev–Trinajstić information content (AvgIpc) is 3.52. The van der Waals surface area contributed by atoms with E-state index in [0.29, 0.717) is 12.2 Å². The Balaban J connectivity index is 1.54. The molecule has 4 rings (SSSR count). The monoisotopic (exact) mass is 388 g/mol. The molecule has 2 N–H and O–H groups in total. The van der Waals surface area contributed by atoms with E-state index in [1.54, 1.807) is 0 Å². The fourth-order valence-corrected chi connectivity index (χ4v) is 3.87. The molecule has 1 saturated carbocycles. The smallest absolute Gasteiger partial charge is 0.252 e. The van der Waals surface area contributed by atoms with Gasteiger partial charge in [-0.3, -0.25) is 4.79 Å². The highest BCUT2D eigenvalue weighted by atomic mass is 16.5. The molecular formula is C25H28N2O2. The van der Waals surface area contributed by atoms with Crippen molar-refractivity contribution in [1.29, 1.82) is 0 Å². The molecule has 0 aliphatic heterocycles. The van der Waals surface area contributed by atoms with E-state index in [-0.39, 0.29) is 11.4 Å². The third-order valence-electron chi connectivity index (χ3n) is 5.66. The Morgan fingerprint density at radius 3 is 2.66 bits per heavy atom. The summed E-state index contributed by atoms with van der Waals surface area (Å²) in [5.74, 6) is 0.693. The highest BCUT2D eigenvalue weighted by molar-refractivity contribution is 5.97. The lowest BCUT2D eigenvalue weighted by atomic mass is 9.96. The molecule has 1 amide bonds. The zero-order chi connectivity index (χ0) is 20.3. The number of carbonyl (C=O) groups is 1. The minimum absolute atomic E-state index is 0.0370. The Labute approximate surface area is 172 Å². The number of nitrogens with one attached hydrogen (secondary N) is 2. The van der Waals surface area contributed by atoms with E-state index in [4.69, 9.17) is 4.74 Å². The van der Waals surface area contributed by atoms with Crippen LogP contribution in [0.1, 0.15) is 41.3 Å². The second kappa shape index (κ2) is 8.26. The van der Waals surface area contributed by atoms with Gasteiger partial charge in [0.25, 0.3) is 5.91 Å². The molecule has 150 valence electrons. The molecule has 0 radical (unpaired) electrons. The molecule has 0 atom stereocenters. The molecule has 29 heavy (non-hydrogen) atoms. The van der Waals surface area contributed by atoms with Crippen LogP contribution in [0, 0.1) is 6.92 Å². The number of ether oxygens (including phenoxy) is 1. The van der Waals surface area contributed by atoms with Gasteiger partial charge in [-0.1, -0.05) is 55.5 Å². The lowest BCUT2D eigenvalue weighted by Crippen LogP contribution is -2.35. The minimum atomic E-state index is -0.272. The van der Waals surface area contributed by atoms with Gasteiger partial charge in [0.1, 0.15) is 12.4 Å². The maximum atomic E-state index is 13.2. The molecule has 0 spiro atoms. The summed E-state index contributed by atoms with van der Waals surface area (Å²) < 4.78 is 5.80. The van der Waals surface area contributed by atoms with Crippen molar-refractivity contribution in [2.24, 2.45) is 0 Å². The van der Waals surface area contributed by atoms with Crippen molar-refractivity contribution in [1.82, 2.24) is 10.6 Å². The first-order valence-corrected chi connectivity index (χ1v) is 10.4. The zero-order valence-electron chi connectivity index (χ0n) is 17.1. The first-order chi connectivity index (χ1) is 14.1. The van der Waals surface area contributed by atoms with Gasteiger partial charge in [-0.05, 0) is 60.3 Å². The molecule has 1 aliphatic rings. The van der Waals surface area contributed by atoms with Gasteiger partial charge in [-0.25, -0.2) is 0 Å². The molecule has 0 heterocycles. The normalized spacial score (nSPS) is 14.6. The molecule has 3 aromatic rings. The standard InChI is InChI=1S/C25H28N2O2/c1-3-26-15-16-29-20-12-11-18(2)22(17-20)24(28)27-25(13-14-25)23-10-6-8-19-7-4-5-9-21(19)23/h4-12,17,26H,3,13-16H2,1-2H3,(H,27,28). The van der Waals surface area contributed by atoms with Crippen LogP contribution in [-0.2, 0) is 5.54 Å². The molecule has 0 bridgehead atoms. The minimum Gasteiger partial charge on any atom is -0.492 e. The van der Waals surface area contributed by atoms with Crippen LogP contribution in [0.3, 0.4) is 0 Å². The molecule has 3 aromatic carbocycles. The largest absolute Gasteiger partial charge is 0.492 e. The number of aryl methyl sites for hydroxylation is 1. The van der Waals surface area contributed by atoms with Crippen LogP contribution in [0.5, 0.6) is 5.75 Å². The van der Waals surface area contributed by atoms with Crippen LogP contribution >= 0.6 is 0 Å². The topological polar surface area (TPSA) is 50.4 Å². The first-order valence-electron chi connectivity index (χ1n) is 10.4. The quantitative estimate of drug-likeness (QED) is 0.557. The number of amides is 1. The zero-order valence-corrected chi connectivity index (χ0v) is 17.1. The molecule has 0 aromatic heterocycles. The first kappa shape index (κ1) is 19.5. The van der Waals surface area contributed by atoms with Crippen molar-refractivity contribution in [3.05, 3.63) is 77.4 Å². The second-order valence-electron chi connectivity index (χ2n) is 7.74. The van der Waals surface area contributed by atoms with Gasteiger partial charge >= 0.3 is 0 Å². The van der Waals surface area contributed by atoms with Crippen molar-refractivity contribution in [2.45, 2.75) is 32.2 Å².